The average molecular weight is 403 g/mol. The molecule has 0 atom stereocenters. The van der Waals surface area contributed by atoms with E-state index in [4.69, 9.17) is 0 Å². The molecule has 3 aromatic rings. The first-order chi connectivity index (χ1) is 13.8. The molecular formula is C21H17F4N3O. The SMILES string of the molecule is O=c1[nH]c(-c2ccc(C(F)(F)F)cc2)nc2c1CN(Cc1ccccc1F)CC2. The van der Waals surface area contributed by atoms with Gasteiger partial charge in [-0.2, -0.15) is 13.2 Å². The number of nitrogens with one attached hydrogen (secondary N) is 1. The third-order valence-electron chi connectivity index (χ3n) is 4.99. The lowest BCUT2D eigenvalue weighted by Crippen LogP contribution is -2.35. The number of aromatic amines is 1. The Balaban J connectivity index is 1.57. The molecule has 0 spiro atoms. The number of alkyl halides is 3. The van der Waals surface area contributed by atoms with Gasteiger partial charge in [-0.25, -0.2) is 9.37 Å². The van der Waals surface area contributed by atoms with E-state index in [0.29, 0.717) is 48.4 Å². The van der Waals surface area contributed by atoms with Crippen molar-refractivity contribution in [3.05, 3.63) is 87.1 Å². The molecular weight excluding hydrogens is 386 g/mol. The molecule has 0 saturated heterocycles. The van der Waals surface area contributed by atoms with Crippen LogP contribution in [0.2, 0.25) is 0 Å². The van der Waals surface area contributed by atoms with Crippen LogP contribution in [0.3, 0.4) is 0 Å². The zero-order valence-corrected chi connectivity index (χ0v) is 15.3. The van der Waals surface area contributed by atoms with Crippen LogP contribution in [0.4, 0.5) is 17.6 Å². The Morgan fingerprint density at radius 3 is 2.48 bits per heavy atom. The molecule has 0 unspecified atom stereocenters. The topological polar surface area (TPSA) is 49.0 Å². The van der Waals surface area contributed by atoms with Crippen molar-refractivity contribution >= 4 is 0 Å². The zero-order chi connectivity index (χ0) is 20.6. The Kier molecular flexibility index (Phi) is 4.96. The van der Waals surface area contributed by atoms with Gasteiger partial charge in [-0.15, -0.1) is 0 Å². The number of fused-ring (bicyclic) bond motifs is 1. The van der Waals surface area contributed by atoms with Crippen LogP contribution in [0.15, 0.2) is 53.3 Å². The number of aromatic nitrogens is 2. The first-order valence-corrected chi connectivity index (χ1v) is 9.07. The van der Waals surface area contributed by atoms with E-state index >= 15 is 0 Å². The highest BCUT2D eigenvalue weighted by Crippen LogP contribution is 2.30. The number of halogens is 4. The number of hydrogen-bond donors (Lipinski definition) is 1. The van der Waals surface area contributed by atoms with Gasteiger partial charge in [-0.3, -0.25) is 9.69 Å². The highest BCUT2D eigenvalue weighted by molar-refractivity contribution is 5.56. The third kappa shape index (κ3) is 4.07. The van der Waals surface area contributed by atoms with Gasteiger partial charge in [-0.1, -0.05) is 30.3 Å². The van der Waals surface area contributed by atoms with Crippen molar-refractivity contribution in [3.63, 3.8) is 0 Å². The van der Waals surface area contributed by atoms with Crippen LogP contribution in [-0.2, 0) is 25.7 Å². The molecule has 0 bridgehead atoms. The highest BCUT2D eigenvalue weighted by atomic mass is 19.4. The maximum absolute atomic E-state index is 13.9. The fourth-order valence-electron chi connectivity index (χ4n) is 3.44. The molecule has 1 N–H and O–H groups in total. The van der Waals surface area contributed by atoms with Crippen LogP contribution in [0, 0.1) is 5.82 Å². The molecule has 0 aliphatic carbocycles. The molecule has 1 aliphatic rings. The molecule has 0 saturated carbocycles. The van der Waals surface area contributed by atoms with Gasteiger partial charge < -0.3 is 4.98 Å². The fourth-order valence-corrected chi connectivity index (χ4v) is 3.44. The molecule has 4 nitrogen and oxygen atoms in total. The number of nitrogens with zero attached hydrogens (tertiary/aromatic N) is 2. The van der Waals surface area contributed by atoms with Crippen molar-refractivity contribution < 1.29 is 17.6 Å². The predicted octanol–water partition coefficient (Wildman–Crippen LogP) is 4.15. The maximum Gasteiger partial charge on any atom is 0.416 e. The first kappa shape index (κ1) is 19.3. The summed E-state index contributed by atoms with van der Waals surface area (Å²) >= 11 is 0. The van der Waals surface area contributed by atoms with E-state index in [-0.39, 0.29) is 17.2 Å². The molecule has 2 aromatic carbocycles. The van der Waals surface area contributed by atoms with Crippen LogP contribution in [0.1, 0.15) is 22.4 Å². The lowest BCUT2D eigenvalue weighted by atomic mass is 10.0. The normalized spacial score (nSPS) is 14.6. The molecule has 29 heavy (non-hydrogen) atoms. The summed E-state index contributed by atoms with van der Waals surface area (Å²) in [6.07, 6.45) is -3.92. The van der Waals surface area contributed by atoms with Gasteiger partial charge in [0.15, 0.2) is 0 Å². The Labute approximate surface area is 163 Å². The van der Waals surface area contributed by atoms with Gasteiger partial charge in [0.1, 0.15) is 11.6 Å². The van der Waals surface area contributed by atoms with Gasteiger partial charge in [-0.05, 0) is 18.2 Å². The van der Waals surface area contributed by atoms with E-state index in [2.05, 4.69) is 9.97 Å². The van der Waals surface area contributed by atoms with Gasteiger partial charge in [0.25, 0.3) is 5.56 Å². The van der Waals surface area contributed by atoms with Crippen LogP contribution in [0.5, 0.6) is 0 Å². The van der Waals surface area contributed by atoms with Crippen molar-refractivity contribution in [2.75, 3.05) is 6.54 Å². The minimum Gasteiger partial charge on any atom is -0.306 e. The third-order valence-corrected chi connectivity index (χ3v) is 4.99. The number of hydrogen-bond acceptors (Lipinski definition) is 3. The summed E-state index contributed by atoms with van der Waals surface area (Å²) in [5.41, 5.74) is 0.999. The summed E-state index contributed by atoms with van der Waals surface area (Å²) in [4.78, 5) is 21.7. The Bertz CT molecular complexity index is 1090. The molecule has 0 fully saturated rings. The molecule has 0 radical (unpaired) electrons. The molecule has 1 aromatic heterocycles. The predicted molar refractivity (Wildman–Crippen MR) is 99.5 cm³/mol. The monoisotopic (exact) mass is 403 g/mol. The van der Waals surface area contributed by atoms with E-state index in [1.165, 1.54) is 18.2 Å². The Morgan fingerprint density at radius 1 is 1.07 bits per heavy atom. The number of rotatable bonds is 3. The standard InChI is InChI=1S/C21H17F4N3O/c22-17-4-2-1-3-14(17)11-28-10-9-18-16(12-28)20(29)27-19(26-18)13-5-7-15(8-6-13)21(23,24)25/h1-8H,9-12H2,(H,26,27,29). The van der Waals surface area contributed by atoms with Gasteiger partial charge in [0, 0.05) is 37.2 Å². The van der Waals surface area contributed by atoms with E-state index in [9.17, 15) is 22.4 Å². The minimum absolute atomic E-state index is 0.241. The van der Waals surface area contributed by atoms with Crippen molar-refractivity contribution in [3.8, 4) is 11.4 Å². The van der Waals surface area contributed by atoms with Gasteiger partial charge in [0.2, 0.25) is 0 Å². The minimum atomic E-state index is -4.42. The largest absolute Gasteiger partial charge is 0.416 e. The zero-order valence-electron chi connectivity index (χ0n) is 15.3. The van der Waals surface area contributed by atoms with E-state index < -0.39 is 11.7 Å². The summed E-state index contributed by atoms with van der Waals surface area (Å²) in [5.74, 6) is -0.0481. The Hall–Kier alpha value is -3.00. The van der Waals surface area contributed by atoms with Crippen LogP contribution < -0.4 is 5.56 Å². The summed E-state index contributed by atoms with van der Waals surface area (Å²) < 4.78 is 52.1. The number of benzene rings is 2. The summed E-state index contributed by atoms with van der Waals surface area (Å²) in [6, 6.07) is 11.0. The van der Waals surface area contributed by atoms with Crippen LogP contribution in [0.25, 0.3) is 11.4 Å². The summed E-state index contributed by atoms with van der Waals surface area (Å²) in [5, 5.41) is 0. The fraction of sp³-hybridized carbons (Fsp3) is 0.238. The van der Waals surface area contributed by atoms with Crippen molar-refractivity contribution in [1.29, 1.82) is 0 Å². The lowest BCUT2D eigenvalue weighted by molar-refractivity contribution is -0.137. The van der Waals surface area contributed by atoms with Crippen LogP contribution in [-0.4, -0.2) is 21.4 Å². The van der Waals surface area contributed by atoms with E-state index in [1.807, 2.05) is 4.90 Å². The highest BCUT2D eigenvalue weighted by Gasteiger charge is 2.30. The van der Waals surface area contributed by atoms with Gasteiger partial charge in [0.05, 0.1) is 16.8 Å². The quantitative estimate of drug-likeness (QED) is 0.669. The van der Waals surface area contributed by atoms with E-state index in [1.54, 1.807) is 18.2 Å². The van der Waals surface area contributed by atoms with Crippen LogP contribution >= 0.6 is 0 Å². The molecule has 1 aliphatic heterocycles. The lowest BCUT2D eigenvalue weighted by Gasteiger charge is -2.27. The van der Waals surface area contributed by atoms with Crippen molar-refractivity contribution in [2.45, 2.75) is 25.7 Å². The summed E-state index contributed by atoms with van der Waals surface area (Å²) in [6.45, 7) is 1.32. The maximum atomic E-state index is 13.9. The molecule has 2 heterocycles. The first-order valence-electron chi connectivity index (χ1n) is 9.07. The smallest absolute Gasteiger partial charge is 0.306 e. The van der Waals surface area contributed by atoms with Gasteiger partial charge >= 0.3 is 6.18 Å². The van der Waals surface area contributed by atoms with Crippen molar-refractivity contribution in [1.82, 2.24) is 14.9 Å². The molecule has 0 amide bonds. The van der Waals surface area contributed by atoms with Crippen molar-refractivity contribution in [2.24, 2.45) is 0 Å². The average Bonchev–Trinajstić information content (AvgIpc) is 2.69. The molecule has 150 valence electrons. The number of H-pyrrole nitrogens is 1. The molecule has 4 rings (SSSR count). The Morgan fingerprint density at radius 2 is 1.79 bits per heavy atom. The second kappa shape index (κ2) is 7.44. The molecule has 8 heteroatoms. The summed E-state index contributed by atoms with van der Waals surface area (Å²) in [7, 11) is 0. The van der Waals surface area contributed by atoms with E-state index in [0.717, 1.165) is 12.1 Å². The second-order valence-electron chi connectivity index (χ2n) is 6.97. The second-order valence-corrected chi connectivity index (χ2v) is 6.97.